The van der Waals surface area contributed by atoms with Gasteiger partial charge in [-0.1, -0.05) is 182 Å². The fourth-order valence-electron chi connectivity index (χ4n) is 10.7. The van der Waals surface area contributed by atoms with E-state index in [2.05, 4.69) is 229 Å². The highest BCUT2D eigenvalue weighted by atomic mass is 16.5. The summed E-state index contributed by atoms with van der Waals surface area (Å²) in [4.78, 5) is 2.43. The molecule has 0 fully saturated rings. The molecule has 10 aromatic carbocycles. The quantitative estimate of drug-likeness (QED) is 0.123. The molecule has 64 heavy (non-hydrogen) atoms. The minimum Gasteiger partial charge on any atom is -0.458 e. The SMILES string of the molecule is C1=CC[C@@H](N(c2ccccc2)c2ccc3c(c2)Oc2cc(-c4c5ccccc5c(-c5ccc(-c6ccccc6)c6ccccc56)c5ccccc45)cc4c2B3c2ccccc2O4)C=C1. The van der Waals surface area contributed by atoms with Crippen LogP contribution in [0.4, 0.5) is 11.4 Å². The number of fused-ring (bicyclic) bond motifs is 7. The molecule has 10 aromatic rings. The van der Waals surface area contributed by atoms with E-state index in [1.165, 1.54) is 54.6 Å². The summed E-state index contributed by atoms with van der Waals surface area (Å²) in [6, 6.07) is 72.6. The second-order valence-corrected chi connectivity index (χ2v) is 17.0. The molecule has 300 valence electrons. The largest absolute Gasteiger partial charge is 0.458 e. The van der Waals surface area contributed by atoms with E-state index in [1.54, 1.807) is 0 Å². The summed E-state index contributed by atoms with van der Waals surface area (Å²) in [5.41, 5.74) is 12.7. The molecule has 0 unspecified atom stereocenters. The molecule has 3 nitrogen and oxygen atoms in total. The smallest absolute Gasteiger partial charge is 0.260 e. The van der Waals surface area contributed by atoms with Crippen LogP contribution in [-0.2, 0) is 0 Å². The Hall–Kier alpha value is -8.08. The van der Waals surface area contributed by atoms with Gasteiger partial charge in [0.2, 0.25) is 0 Å². The van der Waals surface area contributed by atoms with Crippen molar-refractivity contribution in [1.82, 2.24) is 0 Å². The van der Waals surface area contributed by atoms with Gasteiger partial charge in [-0.25, -0.2) is 0 Å². The number of rotatable bonds is 6. The minimum atomic E-state index is -0.0486. The first-order valence-electron chi connectivity index (χ1n) is 22.2. The van der Waals surface area contributed by atoms with E-state index in [-0.39, 0.29) is 12.8 Å². The van der Waals surface area contributed by atoms with Crippen LogP contribution in [0.5, 0.6) is 23.0 Å². The molecule has 0 amide bonds. The van der Waals surface area contributed by atoms with E-state index < -0.39 is 0 Å². The molecule has 1 aliphatic carbocycles. The van der Waals surface area contributed by atoms with Crippen LogP contribution >= 0.6 is 0 Å². The Morgan fingerprint density at radius 3 is 1.66 bits per heavy atom. The van der Waals surface area contributed by atoms with Gasteiger partial charge < -0.3 is 14.4 Å². The van der Waals surface area contributed by atoms with Crippen LogP contribution in [0.3, 0.4) is 0 Å². The predicted molar refractivity (Wildman–Crippen MR) is 268 cm³/mol. The zero-order valence-electron chi connectivity index (χ0n) is 35.0. The standard InChI is InChI=1S/C60H40BNO2/c1-4-18-39(19-5-1)44-33-34-51(46-25-11-10-24-45(44)46)59-49-28-14-12-26-47(49)58(48-27-13-15-29-50(48)59)40-36-56-60-57(37-40)64-55-38-43(32-35-53(55)61(60)52-30-16-17-31-54(52)63-56)62(41-20-6-2-7-21-41)42-22-8-3-9-23-42/h1-22,24-38,42H,23H2/t42-/m0/s1. The zero-order valence-corrected chi connectivity index (χ0v) is 35.0. The fraction of sp³-hybridized carbons (Fsp3) is 0.0333. The van der Waals surface area contributed by atoms with E-state index in [4.69, 9.17) is 9.47 Å². The van der Waals surface area contributed by atoms with Crippen LogP contribution in [0.2, 0.25) is 0 Å². The third-order valence-electron chi connectivity index (χ3n) is 13.5. The Bertz CT molecular complexity index is 3500. The highest BCUT2D eigenvalue weighted by Crippen LogP contribution is 2.48. The van der Waals surface area contributed by atoms with Gasteiger partial charge >= 0.3 is 0 Å². The molecule has 0 radical (unpaired) electrons. The first kappa shape index (κ1) is 36.6. The van der Waals surface area contributed by atoms with Crippen molar-refractivity contribution in [3.8, 4) is 56.4 Å². The van der Waals surface area contributed by atoms with Crippen molar-refractivity contribution in [3.05, 3.63) is 224 Å². The van der Waals surface area contributed by atoms with Crippen LogP contribution in [0.1, 0.15) is 6.42 Å². The van der Waals surface area contributed by atoms with Crippen molar-refractivity contribution < 1.29 is 9.47 Å². The lowest BCUT2D eigenvalue weighted by Gasteiger charge is -2.36. The summed E-state index contributed by atoms with van der Waals surface area (Å²) in [5, 5.41) is 7.23. The highest BCUT2D eigenvalue weighted by molar-refractivity contribution is 6.98. The molecule has 2 heterocycles. The van der Waals surface area contributed by atoms with Gasteiger partial charge in [0.05, 0.1) is 6.04 Å². The molecule has 1 atom stereocenters. The summed E-state index contributed by atoms with van der Waals surface area (Å²) in [6.07, 6.45) is 9.74. The number of hydrogen-bond donors (Lipinski definition) is 0. The molecular formula is C60H40BNO2. The number of anilines is 2. The van der Waals surface area contributed by atoms with Gasteiger partial charge in [-0.3, -0.25) is 0 Å². The minimum absolute atomic E-state index is 0.0486. The summed E-state index contributed by atoms with van der Waals surface area (Å²) in [6.45, 7) is -0.0486. The average molecular weight is 818 g/mol. The lowest BCUT2D eigenvalue weighted by atomic mass is 9.35. The van der Waals surface area contributed by atoms with Crippen LogP contribution in [-0.4, -0.2) is 12.8 Å². The molecule has 0 aromatic heterocycles. The van der Waals surface area contributed by atoms with Gasteiger partial charge in [0.15, 0.2) is 0 Å². The van der Waals surface area contributed by atoms with Crippen molar-refractivity contribution in [3.63, 3.8) is 0 Å². The van der Waals surface area contributed by atoms with Gasteiger partial charge in [0, 0.05) is 22.9 Å². The summed E-state index contributed by atoms with van der Waals surface area (Å²) < 4.78 is 14.1. The van der Waals surface area contributed by atoms with E-state index in [1.807, 2.05) is 0 Å². The Labute approximate surface area is 372 Å². The van der Waals surface area contributed by atoms with E-state index in [0.29, 0.717) is 0 Å². The molecule has 4 heteroatoms. The predicted octanol–water partition coefficient (Wildman–Crippen LogP) is 13.9. The maximum absolute atomic E-state index is 7.19. The molecule has 0 saturated heterocycles. The lowest BCUT2D eigenvalue weighted by Crippen LogP contribution is -2.57. The van der Waals surface area contributed by atoms with Crippen molar-refractivity contribution in [2.24, 2.45) is 0 Å². The van der Waals surface area contributed by atoms with Crippen LogP contribution in [0, 0.1) is 0 Å². The molecule has 0 N–H and O–H groups in total. The molecule has 13 rings (SSSR count). The third kappa shape index (κ3) is 5.76. The molecule has 0 saturated carbocycles. The number of ether oxygens (including phenoxy) is 2. The van der Waals surface area contributed by atoms with E-state index >= 15 is 0 Å². The van der Waals surface area contributed by atoms with Crippen molar-refractivity contribution in [1.29, 1.82) is 0 Å². The second kappa shape index (κ2) is 14.8. The Kier molecular flexibility index (Phi) is 8.45. The van der Waals surface area contributed by atoms with Crippen LogP contribution < -0.4 is 30.8 Å². The number of hydrogen-bond acceptors (Lipinski definition) is 3. The molecule has 0 bridgehead atoms. The average Bonchev–Trinajstić information content (AvgIpc) is 3.36. The van der Waals surface area contributed by atoms with Crippen molar-refractivity contribution in [2.75, 3.05) is 4.90 Å². The summed E-state index contributed by atoms with van der Waals surface area (Å²) in [7, 11) is 0. The maximum Gasteiger partial charge on any atom is 0.260 e. The molecule has 0 spiro atoms. The van der Waals surface area contributed by atoms with Gasteiger partial charge in [-0.15, -0.1) is 0 Å². The van der Waals surface area contributed by atoms with E-state index in [9.17, 15) is 0 Å². The van der Waals surface area contributed by atoms with Crippen molar-refractivity contribution >= 4 is 66.8 Å². The van der Waals surface area contributed by atoms with Gasteiger partial charge in [-0.05, 0) is 119 Å². The number of para-hydroxylation sites is 2. The number of allylic oxidation sites excluding steroid dienone is 2. The second-order valence-electron chi connectivity index (χ2n) is 17.0. The van der Waals surface area contributed by atoms with Crippen LogP contribution in [0.15, 0.2) is 224 Å². The first-order valence-corrected chi connectivity index (χ1v) is 22.2. The monoisotopic (exact) mass is 817 g/mol. The first-order chi connectivity index (χ1) is 31.8. The number of nitrogens with zero attached hydrogens (tertiary/aromatic N) is 1. The molecule has 2 aliphatic heterocycles. The Morgan fingerprint density at radius 1 is 0.406 bits per heavy atom. The van der Waals surface area contributed by atoms with Crippen LogP contribution in [0.25, 0.3) is 65.7 Å². The topological polar surface area (TPSA) is 21.7 Å². The summed E-state index contributed by atoms with van der Waals surface area (Å²) >= 11 is 0. The van der Waals surface area contributed by atoms with Crippen molar-refractivity contribution in [2.45, 2.75) is 12.5 Å². The van der Waals surface area contributed by atoms with Gasteiger partial charge in [-0.2, -0.15) is 0 Å². The van der Waals surface area contributed by atoms with Gasteiger partial charge in [0.1, 0.15) is 23.0 Å². The summed E-state index contributed by atoms with van der Waals surface area (Å²) in [5.74, 6) is 3.39. The maximum atomic E-state index is 7.19. The normalized spacial score (nSPS) is 14.4. The third-order valence-corrected chi connectivity index (χ3v) is 13.5. The van der Waals surface area contributed by atoms with Gasteiger partial charge in [0.25, 0.3) is 6.71 Å². The highest BCUT2D eigenvalue weighted by Gasteiger charge is 2.41. The lowest BCUT2D eigenvalue weighted by molar-refractivity contribution is 0.465. The molecule has 3 aliphatic rings. The molecular weight excluding hydrogens is 777 g/mol. The van der Waals surface area contributed by atoms with E-state index in [0.717, 1.165) is 68.3 Å². The zero-order chi connectivity index (χ0) is 42.1. The Morgan fingerprint density at radius 2 is 0.969 bits per heavy atom. The fourth-order valence-corrected chi connectivity index (χ4v) is 10.7. The number of benzene rings is 10. The Balaban J connectivity index is 1.01.